The van der Waals surface area contributed by atoms with Crippen molar-refractivity contribution in [1.29, 1.82) is 0 Å². The van der Waals surface area contributed by atoms with Crippen molar-refractivity contribution < 1.29 is 5.11 Å². The van der Waals surface area contributed by atoms with Crippen LogP contribution in [0.1, 0.15) is 12.8 Å². The third-order valence-electron chi connectivity index (χ3n) is 3.39. The Morgan fingerprint density at radius 3 is 3.06 bits per heavy atom. The number of aryl methyl sites for hydroxylation is 1. The summed E-state index contributed by atoms with van der Waals surface area (Å²) in [6, 6.07) is 0. The Labute approximate surface area is 99.7 Å². The maximum absolute atomic E-state index is 9.74. The van der Waals surface area contributed by atoms with E-state index in [2.05, 4.69) is 15.0 Å². The van der Waals surface area contributed by atoms with Crippen LogP contribution in [-0.4, -0.2) is 39.1 Å². The zero-order valence-corrected chi connectivity index (χ0v) is 9.87. The van der Waals surface area contributed by atoms with Crippen LogP contribution in [0, 0.1) is 0 Å². The van der Waals surface area contributed by atoms with Crippen molar-refractivity contribution in [2.75, 3.05) is 18.0 Å². The van der Waals surface area contributed by atoms with Crippen LogP contribution in [0.3, 0.4) is 0 Å². The molecule has 1 unspecified atom stereocenters. The number of anilines is 1. The van der Waals surface area contributed by atoms with E-state index >= 15 is 0 Å². The van der Waals surface area contributed by atoms with Crippen LogP contribution in [0.15, 0.2) is 18.6 Å². The fraction of sp³-hybridized carbons (Fsp3) is 0.500. The predicted molar refractivity (Wildman–Crippen MR) is 66.0 cm³/mol. The van der Waals surface area contributed by atoms with Crippen molar-refractivity contribution in [1.82, 2.24) is 14.8 Å². The standard InChI is InChI=1S/C12H16N4O/c1-15-11-6-13-7-12(10(11)5-14-15)16-4-2-3-9(17)8-16/h5-7,9,17H,2-4,8H2,1H3. The molecule has 2 aromatic rings. The van der Waals surface area contributed by atoms with E-state index < -0.39 is 0 Å². The van der Waals surface area contributed by atoms with E-state index in [1.54, 1.807) is 0 Å². The van der Waals surface area contributed by atoms with Crippen LogP contribution in [0.25, 0.3) is 10.9 Å². The highest BCUT2D eigenvalue weighted by Crippen LogP contribution is 2.27. The van der Waals surface area contributed by atoms with E-state index in [1.807, 2.05) is 30.3 Å². The molecule has 5 nitrogen and oxygen atoms in total. The smallest absolute Gasteiger partial charge is 0.0883 e. The maximum atomic E-state index is 9.74. The first-order valence-electron chi connectivity index (χ1n) is 5.94. The quantitative estimate of drug-likeness (QED) is 0.794. The number of hydrogen-bond acceptors (Lipinski definition) is 4. The van der Waals surface area contributed by atoms with Crippen molar-refractivity contribution >= 4 is 16.6 Å². The number of pyridine rings is 1. The molecule has 0 bridgehead atoms. The fourth-order valence-electron chi connectivity index (χ4n) is 2.47. The van der Waals surface area contributed by atoms with Crippen molar-refractivity contribution in [3.63, 3.8) is 0 Å². The van der Waals surface area contributed by atoms with Crippen LogP contribution < -0.4 is 4.90 Å². The lowest BCUT2D eigenvalue weighted by atomic mass is 10.1. The first-order valence-corrected chi connectivity index (χ1v) is 5.94. The van der Waals surface area contributed by atoms with Gasteiger partial charge in [0.05, 0.1) is 35.9 Å². The number of piperidine rings is 1. The highest BCUT2D eigenvalue weighted by molar-refractivity contribution is 5.90. The van der Waals surface area contributed by atoms with E-state index in [0.29, 0.717) is 6.54 Å². The molecule has 0 aromatic carbocycles. The molecule has 17 heavy (non-hydrogen) atoms. The molecule has 1 aliphatic rings. The summed E-state index contributed by atoms with van der Waals surface area (Å²) in [6.45, 7) is 1.67. The van der Waals surface area contributed by atoms with Gasteiger partial charge in [-0.25, -0.2) is 0 Å². The largest absolute Gasteiger partial charge is 0.391 e. The van der Waals surface area contributed by atoms with E-state index in [0.717, 1.165) is 36.0 Å². The summed E-state index contributed by atoms with van der Waals surface area (Å²) in [5.41, 5.74) is 2.11. The second-order valence-corrected chi connectivity index (χ2v) is 4.60. The normalized spacial score (nSPS) is 21.1. The summed E-state index contributed by atoms with van der Waals surface area (Å²) >= 11 is 0. The average Bonchev–Trinajstić information content (AvgIpc) is 2.71. The molecule has 3 heterocycles. The summed E-state index contributed by atoms with van der Waals surface area (Å²) < 4.78 is 1.83. The van der Waals surface area contributed by atoms with E-state index in [4.69, 9.17) is 0 Å². The minimum atomic E-state index is -0.226. The van der Waals surface area contributed by atoms with Crippen molar-refractivity contribution in [3.05, 3.63) is 18.6 Å². The molecule has 0 saturated carbocycles. The molecule has 90 valence electrons. The van der Waals surface area contributed by atoms with Gasteiger partial charge in [-0.2, -0.15) is 5.10 Å². The number of rotatable bonds is 1. The fourth-order valence-corrected chi connectivity index (χ4v) is 2.47. The van der Waals surface area contributed by atoms with Crippen LogP contribution in [0.5, 0.6) is 0 Å². The number of nitrogens with zero attached hydrogens (tertiary/aromatic N) is 4. The second-order valence-electron chi connectivity index (χ2n) is 4.60. The molecule has 1 fully saturated rings. The van der Waals surface area contributed by atoms with Gasteiger partial charge >= 0.3 is 0 Å². The van der Waals surface area contributed by atoms with Crippen LogP contribution in [0.2, 0.25) is 0 Å². The Bertz CT molecular complexity index is 536. The highest BCUT2D eigenvalue weighted by Gasteiger charge is 2.20. The molecule has 0 aliphatic carbocycles. The first-order chi connectivity index (χ1) is 8.25. The lowest BCUT2D eigenvalue weighted by molar-refractivity contribution is 0.154. The monoisotopic (exact) mass is 232 g/mol. The summed E-state index contributed by atoms with van der Waals surface area (Å²) in [5, 5.41) is 15.1. The number of aliphatic hydroxyl groups excluding tert-OH is 1. The molecule has 1 N–H and O–H groups in total. The molecule has 1 atom stereocenters. The Morgan fingerprint density at radius 1 is 1.35 bits per heavy atom. The molecular weight excluding hydrogens is 216 g/mol. The average molecular weight is 232 g/mol. The summed E-state index contributed by atoms with van der Waals surface area (Å²) in [4.78, 5) is 6.46. The molecule has 0 spiro atoms. The number of fused-ring (bicyclic) bond motifs is 1. The Morgan fingerprint density at radius 2 is 2.24 bits per heavy atom. The number of aliphatic hydroxyl groups is 1. The Balaban J connectivity index is 2.04. The SMILES string of the molecule is Cn1ncc2c(N3CCCC(O)C3)cncc21. The summed E-state index contributed by atoms with van der Waals surface area (Å²) in [6.07, 6.45) is 7.25. The van der Waals surface area contributed by atoms with Gasteiger partial charge in [0.15, 0.2) is 0 Å². The third-order valence-corrected chi connectivity index (χ3v) is 3.39. The maximum Gasteiger partial charge on any atom is 0.0883 e. The van der Waals surface area contributed by atoms with Crippen molar-refractivity contribution in [2.45, 2.75) is 18.9 Å². The van der Waals surface area contributed by atoms with Gasteiger partial charge in [-0.15, -0.1) is 0 Å². The molecular formula is C12H16N4O. The first kappa shape index (κ1) is 10.5. The second kappa shape index (κ2) is 4.00. The van der Waals surface area contributed by atoms with Gasteiger partial charge in [-0.05, 0) is 12.8 Å². The molecule has 5 heteroatoms. The van der Waals surface area contributed by atoms with E-state index in [1.165, 1.54) is 0 Å². The zero-order chi connectivity index (χ0) is 11.8. The molecule has 1 aliphatic heterocycles. The predicted octanol–water partition coefficient (Wildman–Crippen LogP) is 0.929. The molecule has 2 aromatic heterocycles. The lowest BCUT2D eigenvalue weighted by Gasteiger charge is -2.32. The summed E-state index contributed by atoms with van der Waals surface area (Å²) in [5.74, 6) is 0. The van der Waals surface area contributed by atoms with Crippen molar-refractivity contribution in [3.8, 4) is 0 Å². The van der Waals surface area contributed by atoms with Gasteiger partial charge in [-0.3, -0.25) is 9.67 Å². The minimum absolute atomic E-state index is 0.226. The number of hydrogen-bond donors (Lipinski definition) is 1. The van der Waals surface area contributed by atoms with Gasteiger partial charge in [0.2, 0.25) is 0 Å². The Kier molecular flexibility index (Phi) is 2.48. The number of β-amino-alcohol motifs (C(OH)–C–C–N with tert-alkyl or cyclic N) is 1. The molecule has 0 amide bonds. The van der Waals surface area contributed by atoms with Crippen LogP contribution >= 0.6 is 0 Å². The van der Waals surface area contributed by atoms with Gasteiger partial charge < -0.3 is 10.0 Å². The third kappa shape index (κ3) is 1.76. The minimum Gasteiger partial charge on any atom is -0.391 e. The van der Waals surface area contributed by atoms with Crippen LogP contribution in [-0.2, 0) is 7.05 Å². The molecule has 3 rings (SSSR count). The number of aromatic nitrogens is 3. The van der Waals surface area contributed by atoms with E-state index in [9.17, 15) is 5.11 Å². The van der Waals surface area contributed by atoms with Crippen LogP contribution in [0.4, 0.5) is 5.69 Å². The van der Waals surface area contributed by atoms with Gasteiger partial charge in [-0.1, -0.05) is 0 Å². The summed E-state index contributed by atoms with van der Waals surface area (Å²) in [7, 11) is 1.92. The molecule has 0 radical (unpaired) electrons. The topological polar surface area (TPSA) is 54.2 Å². The van der Waals surface area contributed by atoms with Gasteiger partial charge in [0, 0.05) is 25.5 Å². The zero-order valence-electron chi connectivity index (χ0n) is 9.87. The van der Waals surface area contributed by atoms with Gasteiger partial charge in [0.25, 0.3) is 0 Å². The van der Waals surface area contributed by atoms with E-state index in [-0.39, 0.29) is 6.10 Å². The lowest BCUT2D eigenvalue weighted by Crippen LogP contribution is -2.38. The molecule has 1 saturated heterocycles. The highest BCUT2D eigenvalue weighted by atomic mass is 16.3. The van der Waals surface area contributed by atoms with Gasteiger partial charge in [0.1, 0.15) is 0 Å². The van der Waals surface area contributed by atoms with Crippen molar-refractivity contribution in [2.24, 2.45) is 7.05 Å². The Hall–Kier alpha value is -1.62.